The van der Waals surface area contributed by atoms with Crippen LogP contribution in [-0.4, -0.2) is 48.0 Å². The van der Waals surface area contributed by atoms with Gasteiger partial charge >= 0.3 is 0 Å². The number of halogens is 1. The molecule has 0 saturated heterocycles. The molecule has 32 heavy (non-hydrogen) atoms. The van der Waals surface area contributed by atoms with Crippen LogP contribution in [0, 0.1) is 5.82 Å². The van der Waals surface area contributed by atoms with Gasteiger partial charge in [-0.3, -0.25) is 4.90 Å². The Morgan fingerprint density at radius 3 is 2.09 bits per heavy atom. The molecular weight excluding hydrogens is 423 g/mol. The van der Waals surface area contributed by atoms with E-state index in [1.807, 2.05) is 19.2 Å². The molecule has 3 aromatic rings. The van der Waals surface area contributed by atoms with Crippen molar-refractivity contribution in [1.82, 2.24) is 4.90 Å². The monoisotopic (exact) mass is 458 g/mol. The fourth-order valence-corrected chi connectivity index (χ4v) is 4.34. The standard InChI is InChI=1S/C24H29FN2OS.C2H6O/c1-18(2)27(22-10-8-21(25)9-11-22)17-23-12-13-24(29-23)20-6-4-19(5-7-20)16-26(3)14-15-28;1-2-3/h4-13,18,28H,14-17H2,1-3H3;3H,2H2,1H3. The van der Waals surface area contributed by atoms with Crippen LogP contribution in [0.15, 0.2) is 60.7 Å². The van der Waals surface area contributed by atoms with Crippen molar-refractivity contribution < 1.29 is 14.6 Å². The molecule has 0 aliphatic rings. The Labute approximate surface area is 195 Å². The molecule has 0 aliphatic heterocycles. The van der Waals surface area contributed by atoms with E-state index in [1.165, 1.54) is 33.0 Å². The Morgan fingerprint density at radius 1 is 0.906 bits per heavy atom. The summed E-state index contributed by atoms with van der Waals surface area (Å²) in [4.78, 5) is 6.92. The van der Waals surface area contributed by atoms with Gasteiger partial charge in [0.2, 0.25) is 0 Å². The molecular formula is C26H35FN2O2S. The van der Waals surface area contributed by atoms with Crippen LogP contribution in [0.1, 0.15) is 31.2 Å². The van der Waals surface area contributed by atoms with Gasteiger partial charge in [-0.25, -0.2) is 4.39 Å². The Hall–Kier alpha value is -2.25. The first-order valence-electron chi connectivity index (χ1n) is 11.0. The van der Waals surface area contributed by atoms with Crippen molar-refractivity contribution >= 4 is 17.0 Å². The first-order valence-corrected chi connectivity index (χ1v) is 11.8. The second kappa shape index (κ2) is 13.3. The van der Waals surface area contributed by atoms with Gasteiger partial charge in [-0.15, -0.1) is 11.3 Å². The Morgan fingerprint density at radius 2 is 1.53 bits per heavy atom. The van der Waals surface area contributed by atoms with Gasteiger partial charge in [-0.2, -0.15) is 0 Å². The molecule has 0 unspecified atom stereocenters. The molecule has 0 amide bonds. The molecule has 0 bridgehead atoms. The number of nitrogens with zero attached hydrogens (tertiary/aromatic N) is 2. The van der Waals surface area contributed by atoms with Gasteiger partial charge in [0.1, 0.15) is 5.82 Å². The highest BCUT2D eigenvalue weighted by Crippen LogP contribution is 2.31. The topological polar surface area (TPSA) is 46.9 Å². The fraction of sp³-hybridized carbons (Fsp3) is 0.385. The van der Waals surface area contributed by atoms with Gasteiger partial charge in [-0.1, -0.05) is 24.3 Å². The molecule has 1 heterocycles. The summed E-state index contributed by atoms with van der Waals surface area (Å²) >= 11 is 1.80. The van der Waals surface area contributed by atoms with Crippen LogP contribution in [-0.2, 0) is 13.1 Å². The number of thiophene rings is 1. The second-order valence-corrected chi connectivity index (χ2v) is 9.11. The van der Waals surface area contributed by atoms with Crippen LogP contribution in [0.2, 0.25) is 0 Å². The number of hydrogen-bond acceptors (Lipinski definition) is 5. The number of aliphatic hydroxyl groups is 2. The third-order valence-electron chi connectivity index (χ3n) is 4.94. The highest BCUT2D eigenvalue weighted by Gasteiger charge is 2.13. The maximum Gasteiger partial charge on any atom is 0.123 e. The van der Waals surface area contributed by atoms with E-state index < -0.39 is 0 Å². The highest BCUT2D eigenvalue weighted by atomic mass is 32.1. The lowest BCUT2D eigenvalue weighted by Crippen LogP contribution is -2.29. The average Bonchev–Trinajstić information content (AvgIpc) is 3.23. The van der Waals surface area contributed by atoms with Crippen molar-refractivity contribution in [1.29, 1.82) is 0 Å². The van der Waals surface area contributed by atoms with Crippen molar-refractivity contribution in [2.75, 3.05) is 31.7 Å². The van der Waals surface area contributed by atoms with Gasteiger partial charge in [0.05, 0.1) is 13.2 Å². The number of benzene rings is 2. The van der Waals surface area contributed by atoms with Gasteiger partial charge in [0.25, 0.3) is 0 Å². The summed E-state index contributed by atoms with van der Waals surface area (Å²) in [6.07, 6.45) is 0. The predicted molar refractivity (Wildman–Crippen MR) is 134 cm³/mol. The lowest BCUT2D eigenvalue weighted by Gasteiger charge is -2.28. The van der Waals surface area contributed by atoms with Crippen LogP contribution < -0.4 is 4.90 Å². The van der Waals surface area contributed by atoms with Crippen molar-refractivity contribution in [3.63, 3.8) is 0 Å². The molecule has 0 spiro atoms. The second-order valence-electron chi connectivity index (χ2n) is 7.94. The Kier molecular flexibility index (Phi) is 10.8. The summed E-state index contributed by atoms with van der Waals surface area (Å²) in [5, 5.41) is 16.6. The van der Waals surface area contributed by atoms with Crippen LogP contribution >= 0.6 is 11.3 Å². The first kappa shape index (κ1) is 26.0. The molecule has 4 nitrogen and oxygen atoms in total. The average molecular weight is 459 g/mol. The van der Waals surface area contributed by atoms with Crippen molar-refractivity contribution in [3.05, 3.63) is 76.9 Å². The molecule has 0 atom stereocenters. The molecule has 0 radical (unpaired) electrons. The zero-order valence-electron chi connectivity index (χ0n) is 19.5. The van der Waals surface area contributed by atoms with E-state index >= 15 is 0 Å². The number of rotatable bonds is 9. The minimum Gasteiger partial charge on any atom is -0.397 e. The molecule has 1 aromatic heterocycles. The zero-order chi connectivity index (χ0) is 23.5. The summed E-state index contributed by atoms with van der Waals surface area (Å²) in [7, 11) is 2.01. The summed E-state index contributed by atoms with van der Waals surface area (Å²) < 4.78 is 13.3. The van der Waals surface area contributed by atoms with Gasteiger partial charge in [0, 0.05) is 41.2 Å². The number of anilines is 1. The molecule has 0 aliphatic carbocycles. The maximum atomic E-state index is 13.3. The van der Waals surface area contributed by atoms with Crippen LogP contribution in [0.5, 0.6) is 0 Å². The highest BCUT2D eigenvalue weighted by molar-refractivity contribution is 7.15. The lowest BCUT2D eigenvalue weighted by atomic mass is 10.1. The van der Waals surface area contributed by atoms with E-state index in [0.29, 0.717) is 12.6 Å². The fourth-order valence-electron chi connectivity index (χ4n) is 3.33. The molecule has 3 rings (SSSR count). The van der Waals surface area contributed by atoms with E-state index in [1.54, 1.807) is 18.3 Å². The molecule has 0 saturated carbocycles. The van der Waals surface area contributed by atoms with E-state index in [0.717, 1.165) is 18.8 Å². The molecule has 6 heteroatoms. The van der Waals surface area contributed by atoms with E-state index in [2.05, 4.69) is 60.0 Å². The van der Waals surface area contributed by atoms with Gasteiger partial charge < -0.3 is 15.1 Å². The van der Waals surface area contributed by atoms with Crippen LogP contribution in [0.3, 0.4) is 0 Å². The smallest absolute Gasteiger partial charge is 0.123 e. The maximum absolute atomic E-state index is 13.3. The third-order valence-corrected chi connectivity index (χ3v) is 6.06. The predicted octanol–water partition coefficient (Wildman–Crippen LogP) is 5.39. The molecule has 174 valence electrons. The summed E-state index contributed by atoms with van der Waals surface area (Å²) in [5.74, 6) is -0.207. The Bertz CT molecular complexity index is 910. The number of hydrogen-bond donors (Lipinski definition) is 2. The van der Waals surface area contributed by atoms with E-state index in [-0.39, 0.29) is 19.0 Å². The van der Waals surface area contributed by atoms with E-state index in [9.17, 15) is 4.39 Å². The summed E-state index contributed by atoms with van der Waals surface area (Å²) in [5.41, 5.74) is 3.49. The molecule has 2 N–H and O–H groups in total. The molecule has 2 aromatic carbocycles. The lowest BCUT2D eigenvalue weighted by molar-refractivity contribution is 0.217. The largest absolute Gasteiger partial charge is 0.397 e. The SMILES string of the molecule is CC(C)N(Cc1ccc(-c2ccc(CN(C)CCO)cc2)s1)c1ccc(F)cc1.CCO. The van der Waals surface area contributed by atoms with Crippen molar-refractivity contribution in [2.24, 2.45) is 0 Å². The zero-order valence-corrected chi connectivity index (χ0v) is 20.3. The summed E-state index contributed by atoms with van der Waals surface area (Å²) in [6.45, 7) is 8.73. The van der Waals surface area contributed by atoms with Gasteiger partial charge in [-0.05, 0) is 75.3 Å². The van der Waals surface area contributed by atoms with Crippen molar-refractivity contribution in [3.8, 4) is 10.4 Å². The summed E-state index contributed by atoms with van der Waals surface area (Å²) in [6, 6.07) is 20.0. The first-order chi connectivity index (χ1) is 15.4. The Balaban J connectivity index is 0.00000114. The number of likely N-dealkylation sites (N-methyl/N-ethyl adjacent to an activating group) is 1. The van der Waals surface area contributed by atoms with Crippen molar-refractivity contribution in [2.45, 2.75) is 39.9 Å². The van der Waals surface area contributed by atoms with E-state index in [4.69, 9.17) is 10.2 Å². The molecule has 0 fully saturated rings. The number of aliphatic hydroxyl groups excluding tert-OH is 2. The normalized spacial score (nSPS) is 10.9. The minimum absolute atomic E-state index is 0.178. The van der Waals surface area contributed by atoms with Crippen LogP contribution in [0.4, 0.5) is 10.1 Å². The minimum atomic E-state index is -0.207. The third kappa shape index (κ3) is 8.02. The quantitative estimate of drug-likeness (QED) is 0.451. The van der Waals surface area contributed by atoms with Crippen LogP contribution in [0.25, 0.3) is 10.4 Å². The van der Waals surface area contributed by atoms with Gasteiger partial charge in [0.15, 0.2) is 0 Å².